The van der Waals surface area contributed by atoms with Crippen molar-refractivity contribution in [1.82, 2.24) is 0 Å². The van der Waals surface area contributed by atoms with Crippen molar-refractivity contribution in [1.29, 1.82) is 0 Å². The zero-order chi connectivity index (χ0) is 13.2. The standard InChI is InChI=1S/C16H18BrNO/c17-11-7-9-12(10-8-11)18-16(19)15-13-5-3-1-2-4-6-14(13)15/h1-2,7-10,13-15H,3-6H2,(H,18,19)/b2-1-/t13-,14+,15?. The maximum atomic E-state index is 12.3. The lowest BCUT2D eigenvalue weighted by Crippen LogP contribution is -2.15. The first-order chi connectivity index (χ1) is 9.25. The van der Waals surface area contributed by atoms with Gasteiger partial charge in [0.05, 0.1) is 0 Å². The van der Waals surface area contributed by atoms with E-state index in [1.54, 1.807) is 0 Å². The Bertz CT molecular complexity index is 478. The van der Waals surface area contributed by atoms with Crippen molar-refractivity contribution in [2.24, 2.45) is 17.8 Å². The molecule has 100 valence electrons. The normalized spacial score (nSPS) is 30.7. The van der Waals surface area contributed by atoms with Crippen LogP contribution < -0.4 is 5.32 Å². The van der Waals surface area contributed by atoms with E-state index in [1.807, 2.05) is 24.3 Å². The van der Waals surface area contributed by atoms with Gasteiger partial charge < -0.3 is 5.32 Å². The molecule has 2 aliphatic rings. The van der Waals surface area contributed by atoms with Crippen LogP contribution in [0.4, 0.5) is 5.69 Å². The van der Waals surface area contributed by atoms with Crippen molar-refractivity contribution in [3.63, 3.8) is 0 Å². The summed E-state index contributed by atoms with van der Waals surface area (Å²) >= 11 is 3.40. The fraction of sp³-hybridized carbons (Fsp3) is 0.438. The van der Waals surface area contributed by atoms with Crippen LogP contribution in [0.2, 0.25) is 0 Å². The first kappa shape index (κ1) is 12.9. The lowest BCUT2D eigenvalue weighted by Gasteiger charge is -2.04. The van der Waals surface area contributed by atoms with Crippen LogP contribution in [-0.4, -0.2) is 5.91 Å². The number of carbonyl (C=O) groups excluding carboxylic acids is 1. The molecule has 1 amide bonds. The van der Waals surface area contributed by atoms with Crippen LogP contribution >= 0.6 is 15.9 Å². The Morgan fingerprint density at radius 3 is 2.21 bits per heavy atom. The minimum absolute atomic E-state index is 0.208. The number of allylic oxidation sites excluding steroid dienone is 2. The van der Waals surface area contributed by atoms with Gasteiger partial charge in [-0.1, -0.05) is 28.1 Å². The van der Waals surface area contributed by atoms with Gasteiger partial charge >= 0.3 is 0 Å². The van der Waals surface area contributed by atoms with Gasteiger partial charge in [-0.25, -0.2) is 0 Å². The molecule has 3 heteroatoms. The third kappa shape index (κ3) is 2.92. The first-order valence-electron chi connectivity index (χ1n) is 6.97. The van der Waals surface area contributed by atoms with Gasteiger partial charge in [-0.15, -0.1) is 0 Å². The molecule has 2 nitrogen and oxygen atoms in total. The Hall–Kier alpha value is -1.09. The molecule has 0 spiro atoms. The number of hydrogen-bond acceptors (Lipinski definition) is 1. The number of carbonyl (C=O) groups is 1. The number of rotatable bonds is 2. The van der Waals surface area contributed by atoms with Crippen molar-refractivity contribution in [3.05, 3.63) is 40.9 Å². The van der Waals surface area contributed by atoms with E-state index in [0.717, 1.165) is 23.0 Å². The minimum Gasteiger partial charge on any atom is -0.326 e. The zero-order valence-electron chi connectivity index (χ0n) is 10.8. The quantitative estimate of drug-likeness (QED) is 0.805. The van der Waals surface area contributed by atoms with E-state index in [-0.39, 0.29) is 11.8 Å². The van der Waals surface area contributed by atoms with Crippen LogP contribution in [0.5, 0.6) is 0 Å². The molecule has 1 fully saturated rings. The number of fused-ring (bicyclic) bond motifs is 1. The van der Waals surface area contributed by atoms with E-state index < -0.39 is 0 Å². The molecule has 0 bridgehead atoms. The van der Waals surface area contributed by atoms with Gasteiger partial charge in [0.2, 0.25) is 5.91 Å². The molecule has 2 aliphatic carbocycles. The molecule has 0 aromatic heterocycles. The summed E-state index contributed by atoms with van der Waals surface area (Å²) in [4.78, 5) is 12.3. The Labute approximate surface area is 122 Å². The second kappa shape index (κ2) is 5.49. The van der Waals surface area contributed by atoms with Crippen molar-refractivity contribution in [2.75, 3.05) is 5.32 Å². The molecule has 0 saturated heterocycles. The predicted octanol–water partition coefficient (Wildman–Crippen LogP) is 4.38. The molecular formula is C16H18BrNO. The van der Waals surface area contributed by atoms with E-state index in [0.29, 0.717) is 11.8 Å². The van der Waals surface area contributed by atoms with Gasteiger partial charge in [0, 0.05) is 16.1 Å². The Morgan fingerprint density at radius 2 is 1.63 bits per heavy atom. The molecule has 3 rings (SSSR count). The molecule has 0 aliphatic heterocycles. The SMILES string of the molecule is O=C(Nc1ccc(Br)cc1)C1[C@H]2CC/C=C\CC[C@@H]12. The smallest absolute Gasteiger partial charge is 0.228 e. The highest BCUT2D eigenvalue weighted by Crippen LogP contribution is 2.53. The zero-order valence-corrected chi connectivity index (χ0v) is 12.4. The summed E-state index contributed by atoms with van der Waals surface area (Å²) in [5, 5.41) is 3.05. The van der Waals surface area contributed by atoms with Crippen LogP contribution in [-0.2, 0) is 4.79 Å². The summed E-state index contributed by atoms with van der Waals surface area (Å²) in [5.41, 5.74) is 0.894. The fourth-order valence-corrected chi connectivity index (χ4v) is 3.46. The summed E-state index contributed by atoms with van der Waals surface area (Å²) < 4.78 is 1.03. The van der Waals surface area contributed by atoms with Crippen molar-refractivity contribution >= 4 is 27.5 Å². The number of halogens is 1. The van der Waals surface area contributed by atoms with Crippen LogP contribution in [0.15, 0.2) is 40.9 Å². The van der Waals surface area contributed by atoms with Gasteiger partial charge in [-0.2, -0.15) is 0 Å². The minimum atomic E-state index is 0.208. The largest absolute Gasteiger partial charge is 0.326 e. The molecule has 3 atom stereocenters. The van der Waals surface area contributed by atoms with Crippen molar-refractivity contribution < 1.29 is 4.79 Å². The van der Waals surface area contributed by atoms with Crippen LogP contribution in [0.1, 0.15) is 25.7 Å². The van der Waals surface area contributed by atoms with Crippen LogP contribution in [0.25, 0.3) is 0 Å². The van der Waals surface area contributed by atoms with Crippen LogP contribution in [0.3, 0.4) is 0 Å². The molecule has 1 saturated carbocycles. The predicted molar refractivity (Wildman–Crippen MR) is 80.8 cm³/mol. The molecule has 1 unspecified atom stereocenters. The monoisotopic (exact) mass is 319 g/mol. The number of amides is 1. The third-order valence-corrected chi connectivity index (χ3v) is 4.77. The number of hydrogen-bond donors (Lipinski definition) is 1. The summed E-state index contributed by atoms with van der Waals surface area (Å²) in [6.45, 7) is 0. The van der Waals surface area contributed by atoms with E-state index in [2.05, 4.69) is 33.4 Å². The third-order valence-electron chi connectivity index (χ3n) is 4.25. The van der Waals surface area contributed by atoms with Crippen molar-refractivity contribution in [2.45, 2.75) is 25.7 Å². The molecule has 19 heavy (non-hydrogen) atoms. The van der Waals surface area contributed by atoms with Gasteiger partial charge in [0.15, 0.2) is 0 Å². The van der Waals surface area contributed by atoms with E-state index in [1.165, 1.54) is 12.8 Å². The van der Waals surface area contributed by atoms with E-state index >= 15 is 0 Å². The number of nitrogens with one attached hydrogen (secondary N) is 1. The van der Waals surface area contributed by atoms with Crippen molar-refractivity contribution in [3.8, 4) is 0 Å². The lowest BCUT2D eigenvalue weighted by atomic mass is 10.1. The summed E-state index contributed by atoms with van der Waals surface area (Å²) in [7, 11) is 0. The second-order valence-corrected chi connectivity index (χ2v) is 6.39. The van der Waals surface area contributed by atoms with E-state index in [9.17, 15) is 4.79 Å². The first-order valence-corrected chi connectivity index (χ1v) is 7.76. The average molecular weight is 320 g/mol. The number of benzene rings is 1. The highest BCUT2D eigenvalue weighted by Gasteiger charge is 2.53. The molecule has 1 aromatic rings. The molecule has 0 heterocycles. The van der Waals surface area contributed by atoms with Gasteiger partial charge in [0.1, 0.15) is 0 Å². The van der Waals surface area contributed by atoms with Gasteiger partial charge in [-0.3, -0.25) is 4.79 Å². The van der Waals surface area contributed by atoms with Gasteiger partial charge in [-0.05, 0) is 61.8 Å². The Morgan fingerprint density at radius 1 is 1.05 bits per heavy atom. The average Bonchev–Trinajstić information content (AvgIpc) is 3.03. The fourth-order valence-electron chi connectivity index (χ4n) is 3.19. The Kier molecular flexibility index (Phi) is 3.74. The highest BCUT2D eigenvalue weighted by atomic mass is 79.9. The second-order valence-electron chi connectivity index (χ2n) is 5.48. The molecule has 1 aromatic carbocycles. The maximum absolute atomic E-state index is 12.3. The Balaban J connectivity index is 1.61. The summed E-state index contributed by atoms with van der Waals surface area (Å²) in [5.74, 6) is 1.67. The summed E-state index contributed by atoms with van der Waals surface area (Å²) in [6, 6.07) is 7.78. The number of anilines is 1. The highest BCUT2D eigenvalue weighted by molar-refractivity contribution is 9.10. The van der Waals surface area contributed by atoms with Gasteiger partial charge in [0.25, 0.3) is 0 Å². The molecule has 1 N–H and O–H groups in total. The topological polar surface area (TPSA) is 29.1 Å². The van der Waals surface area contributed by atoms with Crippen LogP contribution in [0, 0.1) is 17.8 Å². The summed E-state index contributed by atoms with van der Waals surface area (Å²) in [6.07, 6.45) is 9.11. The molecule has 0 radical (unpaired) electrons. The maximum Gasteiger partial charge on any atom is 0.228 e. The molecular weight excluding hydrogens is 302 g/mol. The van der Waals surface area contributed by atoms with E-state index in [4.69, 9.17) is 0 Å². The lowest BCUT2D eigenvalue weighted by molar-refractivity contribution is -0.117.